The summed E-state index contributed by atoms with van der Waals surface area (Å²) in [6.07, 6.45) is -3.84. The summed E-state index contributed by atoms with van der Waals surface area (Å²) in [4.78, 5) is 0. The van der Waals surface area contributed by atoms with Crippen LogP contribution in [-0.4, -0.2) is 5.88 Å². The average Bonchev–Trinajstić information content (AvgIpc) is 2.44. The number of hydrogen-bond donors (Lipinski definition) is 0. The minimum absolute atomic E-state index is 0.0207. The second-order valence-electron chi connectivity index (χ2n) is 4.81. The van der Waals surface area contributed by atoms with E-state index in [2.05, 4.69) is 15.9 Å². The Hall–Kier alpha value is -1.00. The maximum absolute atomic E-state index is 12.7. The van der Waals surface area contributed by atoms with Crippen LogP contribution in [0.1, 0.15) is 22.6 Å². The molecule has 112 valence electrons. The molecule has 5 heteroatoms. The van der Waals surface area contributed by atoms with E-state index in [0.29, 0.717) is 17.9 Å². The third-order valence-electron chi connectivity index (χ3n) is 3.24. The number of halogens is 5. The van der Waals surface area contributed by atoms with Gasteiger partial charge < -0.3 is 0 Å². The second kappa shape index (κ2) is 6.84. The summed E-state index contributed by atoms with van der Waals surface area (Å²) in [5.41, 5.74) is 1.02. The zero-order valence-electron chi connectivity index (χ0n) is 11.0. The molecule has 2 aromatic rings. The fourth-order valence-electron chi connectivity index (χ4n) is 2.18. The van der Waals surface area contributed by atoms with Gasteiger partial charge in [-0.3, -0.25) is 0 Å². The molecule has 1 unspecified atom stereocenters. The quantitative estimate of drug-likeness (QED) is 0.570. The van der Waals surface area contributed by atoms with Crippen LogP contribution < -0.4 is 0 Å². The molecule has 21 heavy (non-hydrogen) atoms. The van der Waals surface area contributed by atoms with Crippen molar-refractivity contribution in [2.75, 3.05) is 5.88 Å². The van der Waals surface area contributed by atoms with E-state index in [1.165, 1.54) is 12.1 Å². The van der Waals surface area contributed by atoms with Gasteiger partial charge in [0, 0.05) is 16.3 Å². The number of alkyl halides is 4. The molecule has 0 amide bonds. The Labute approximate surface area is 135 Å². The Kier molecular flexibility index (Phi) is 5.33. The standard InChI is InChI=1S/C16H13BrClF3/c17-15-6-2-4-12(9-15)13(10-18)7-11-3-1-5-14(8-11)16(19,20)21/h1-6,8-9,13H,7,10H2. The van der Waals surface area contributed by atoms with Crippen LogP contribution in [0.25, 0.3) is 0 Å². The van der Waals surface area contributed by atoms with Crippen molar-refractivity contribution in [3.63, 3.8) is 0 Å². The topological polar surface area (TPSA) is 0 Å². The maximum atomic E-state index is 12.7. The van der Waals surface area contributed by atoms with Gasteiger partial charge in [-0.2, -0.15) is 13.2 Å². The van der Waals surface area contributed by atoms with Crippen molar-refractivity contribution in [1.29, 1.82) is 0 Å². The molecule has 2 rings (SSSR count). The fourth-order valence-corrected chi connectivity index (χ4v) is 2.89. The van der Waals surface area contributed by atoms with Crippen molar-refractivity contribution in [2.24, 2.45) is 0 Å². The minimum Gasteiger partial charge on any atom is -0.166 e. The maximum Gasteiger partial charge on any atom is 0.416 e. The lowest BCUT2D eigenvalue weighted by molar-refractivity contribution is -0.137. The molecule has 0 aliphatic rings. The van der Waals surface area contributed by atoms with Gasteiger partial charge in [-0.25, -0.2) is 0 Å². The average molecular weight is 378 g/mol. The van der Waals surface area contributed by atoms with Gasteiger partial charge in [0.05, 0.1) is 5.56 Å². The summed E-state index contributed by atoms with van der Waals surface area (Å²) in [7, 11) is 0. The molecule has 0 saturated heterocycles. The van der Waals surface area contributed by atoms with E-state index in [4.69, 9.17) is 11.6 Å². The Morgan fingerprint density at radius 3 is 2.38 bits per heavy atom. The third kappa shape index (κ3) is 4.48. The van der Waals surface area contributed by atoms with Crippen LogP contribution in [0, 0.1) is 0 Å². The van der Waals surface area contributed by atoms with Crippen LogP contribution in [0.2, 0.25) is 0 Å². The molecule has 0 N–H and O–H groups in total. The van der Waals surface area contributed by atoms with Gasteiger partial charge in [-0.1, -0.05) is 46.3 Å². The molecule has 0 aliphatic heterocycles. The number of benzene rings is 2. The number of hydrogen-bond acceptors (Lipinski definition) is 0. The Morgan fingerprint density at radius 2 is 1.76 bits per heavy atom. The predicted molar refractivity (Wildman–Crippen MR) is 82.8 cm³/mol. The second-order valence-corrected chi connectivity index (χ2v) is 6.03. The fraction of sp³-hybridized carbons (Fsp3) is 0.250. The highest BCUT2D eigenvalue weighted by molar-refractivity contribution is 9.10. The Balaban J connectivity index is 2.23. The zero-order valence-corrected chi connectivity index (χ0v) is 13.3. The molecular formula is C16H13BrClF3. The molecule has 0 saturated carbocycles. The van der Waals surface area contributed by atoms with Gasteiger partial charge in [0.2, 0.25) is 0 Å². The smallest absolute Gasteiger partial charge is 0.166 e. The van der Waals surface area contributed by atoms with Crippen molar-refractivity contribution in [1.82, 2.24) is 0 Å². The molecular weight excluding hydrogens is 365 g/mol. The van der Waals surface area contributed by atoms with E-state index in [0.717, 1.165) is 16.1 Å². The molecule has 0 fully saturated rings. The summed E-state index contributed by atoms with van der Waals surface area (Å²) in [5, 5.41) is 0. The van der Waals surface area contributed by atoms with Gasteiger partial charge in [0.15, 0.2) is 0 Å². The highest BCUT2D eigenvalue weighted by Crippen LogP contribution is 2.31. The predicted octanol–water partition coefficient (Wildman–Crippen LogP) is 6.03. The summed E-state index contributed by atoms with van der Waals surface area (Å²) < 4.78 is 39.1. The first kappa shape index (κ1) is 16.4. The van der Waals surface area contributed by atoms with E-state index >= 15 is 0 Å². The summed E-state index contributed by atoms with van der Waals surface area (Å²) in [6, 6.07) is 13.1. The van der Waals surface area contributed by atoms with Crippen molar-refractivity contribution in [3.8, 4) is 0 Å². The van der Waals surface area contributed by atoms with Crippen molar-refractivity contribution < 1.29 is 13.2 Å². The zero-order chi connectivity index (χ0) is 15.5. The van der Waals surface area contributed by atoms with E-state index in [1.54, 1.807) is 6.07 Å². The molecule has 0 radical (unpaired) electrons. The lowest BCUT2D eigenvalue weighted by Crippen LogP contribution is -2.08. The molecule has 0 nitrogen and oxygen atoms in total. The van der Waals surface area contributed by atoms with Gasteiger partial charge in [0.1, 0.15) is 0 Å². The first-order valence-electron chi connectivity index (χ1n) is 6.37. The third-order valence-corrected chi connectivity index (χ3v) is 4.11. The minimum atomic E-state index is -4.32. The van der Waals surface area contributed by atoms with Crippen molar-refractivity contribution in [3.05, 3.63) is 69.7 Å². The van der Waals surface area contributed by atoms with Crippen LogP contribution in [0.3, 0.4) is 0 Å². The molecule has 0 aliphatic carbocycles. The molecule has 0 aromatic heterocycles. The molecule has 1 atom stereocenters. The van der Waals surface area contributed by atoms with E-state index in [-0.39, 0.29) is 5.92 Å². The van der Waals surface area contributed by atoms with Gasteiger partial charge in [0.25, 0.3) is 0 Å². The lowest BCUT2D eigenvalue weighted by atomic mass is 9.93. The van der Waals surface area contributed by atoms with E-state index in [1.807, 2.05) is 24.3 Å². The van der Waals surface area contributed by atoms with Crippen molar-refractivity contribution in [2.45, 2.75) is 18.5 Å². The molecule has 0 bridgehead atoms. The van der Waals surface area contributed by atoms with Crippen LogP contribution in [-0.2, 0) is 12.6 Å². The largest absolute Gasteiger partial charge is 0.416 e. The molecule has 0 heterocycles. The van der Waals surface area contributed by atoms with Gasteiger partial charge in [-0.15, -0.1) is 11.6 Å². The van der Waals surface area contributed by atoms with Crippen LogP contribution >= 0.6 is 27.5 Å². The molecule has 2 aromatic carbocycles. The normalized spacial score (nSPS) is 13.2. The van der Waals surface area contributed by atoms with Crippen molar-refractivity contribution >= 4 is 27.5 Å². The summed E-state index contributed by atoms with van der Waals surface area (Å²) in [5.74, 6) is 0.333. The van der Waals surface area contributed by atoms with E-state index in [9.17, 15) is 13.2 Å². The van der Waals surface area contributed by atoms with Gasteiger partial charge in [-0.05, 0) is 35.7 Å². The summed E-state index contributed by atoms with van der Waals surface area (Å²) in [6.45, 7) is 0. The van der Waals surface area contributed by atoms with Crippen LogP contribution in [0.5, 0.6) is 0 Å². The van der Waals surface area contributed by atoms with Gasteiger partial charge >= 0.3 is 6.18 Å². The Morgan fingerprint density at radius 1 is 1.05 bits per heavy atom. The number of rotatable bonds is 4. The monoisotopic (exact) mass is 376 g/mol. The summed E-state index contributed by atoms with van der Waals surface area (Å²) >= 11 is 9.39. The Bertz CT molecular complexity index is 610. The molecule has 0 spiro atoms. The van der Waals surface area contributed by atoms with Crippen LogP contribution in [0.15, 0.2) is 53.0 Å². The highest BCUT2D eigenvalue weighted by Gasteiger charge is 2.30. The van der Waals surface area contributed by atoms with Crippen LogP contribution in [0.4, 0.5) is 13.2 Å². The first-order chi connectivity index (χ1) is 9.90. The SMILES string of the molecule is FC(F)(F)c1cccc(CC(CCl)c2cccc(Br)c2)c1. The lowest BCUT2D eigenvalue weighted by Gasteiger charge is -2.16. The highest BCUT2D eigenvalue weighted by atomic mass is 79.9. The first-order valence-corrected chi connectivity index (χ1v) is 7.70. The van der Waals surface area contributed by atoms with E-state index < -0.39 is 11.7 Å².